The Bertz CT molecular complexity index is 778. The van der Waals surface area contributed by atoms with Crippen molar-refractivity contribution in [2.45, 2.75) is 0 Å². The van der Waals surface area contributed by atoms with Gasteiger partial charge in [-0.15, -0.1) is 0 Å². The number of methoxy groups -OCH3 is 1. The van der Waals surface area contributed by atoms with E-state index in [1.54, 1.807) is 25.3 Å². The summed E-state index contributed by atoms with van der Waals surface area (Å²) in [4.78, 5) is 15.8. The number of aromatic nitrogens is 1. The molecule has 1 aromatic heterocycles. The fraction of sp³-hybridized carbons (Fsp3) is 0.133. The van der Waals surface area contributed by atoms with Crippen molar-refractivity contribution in [1.82, 2.24) is 10.3 Å². The number of likely N-dealkylation sites (N-methyl/N-ethyl adjacent to an activating group) is 1. The third-order valence-corrected chi connectivity index (χ3v) is 3.20. The second kappa shape index (κ2) is 6.25. The molecule has 1 heterocycles. The summed E-state index contributed by atoms with van der Waals surface area (Å²) in [6.45, 7) is 0. The van der Waals surface area contributed by atoms with Gasteiger partial charge in [-0.05, 0) is 30.3 Å². The van der Waals surface area contributed by atoms with Gasteiger partial charge in [0.25, 0.3) is 5.91 Å². The van der Waals surface area contributed by atoms with Crippen LogP contribution in [0.15, 0.2) is 29.8 Å². The van der Waals surface area contributed by atoms with Crippen LogP contribution in [0, 0.1) is 11.3 Å². The first-order valence-corrected chi connectivity index (χ1v) is 6.45. The van der Waals surface area contributed by atoms with Gasteiger partial charge in [0.15, 0.2) is 0 Å². The van der Waals surface area contributed by atoms with Crippen molar-refractivity contribution in [3.05, 3.63) is 40.6 Å². The molecule has 21 heavy (non-hydrogen) atoms. The molecule has 5 nitrogen and oxygen atoms in total. The van der Waals surface area contributed by atoms with Gasteiger partial charge in [0.1, 0.15) is 22.5 Å². The molecule has 0 aliphatic carbocycles. The number of nitrogens with zero attached hydrogens (tertiary/aromatic N) is 2. The maximum atomic E-state index is 11.5. The standard InChI is InChI=1S/C15H12ClN3O2/c1-18-15(20)11(8-17)6-10-5-9-7-12(21-2)3-4-13(9)19-14(10)16/h3-7H,1-2H3,(H,18,20)/b11-6+. The summed E-state index contributed by atoms with van der Waals surface area (Å²) in [5, 5.41) is 12.4. The average Bonchev–Trinajstić information content (AvgIpc) is 2.51. The number of pyridine rings is 1. The van der Waals surface area contributed by atoms with Crippen LogP contribution in [0.1, 0.15) is 5.56 Å². The Morgan fingerprint density at radius 2 is 2.24 bits per heavy atom. The minimum atomic E-state index is -0.473. The second-order valence-corrected chi connectivity index (χ2v) is 4.53. The van der Waals surface area contributed by atoms with Gasteiger partial charge in [0.05, 0.1) is 12.6 Å². The number of halogens is 1. The van der Waals surface area contributed by atoms with Crippen LogP contribution in [0.5, 0.6) is 5.75 Å². The minimum Gasteiger partial charge on any atom is -0.497 e. The van der Waals surface area contributed by atoms with E-state index >= 15 is 0 Å². The van der Waals surface area contributed by atoms with Crippen LogP contribution in [0.25, 0.3) is 17.0 Å². The van der Waals surface area contributed by atoms with Crippen LogP contribution < -0.4 is 10.1 Å². The molecule has 1 N–H and O–H groups in total. The van der Waals surface area contributed by atoms with Crippen LogP contribution in [-0.2, 0) is 4.79 Å². The van der Waals surface area contributed by atoms with Crippen molar-refractivity contribution >= 4 is 34.5 Å². The normalized spacial score (nSPS) is 11.0. The van der Waals surface area contributed by atoms with Gasteiger partial charge in [0, 0.05) is 18.0 Å². The molecule has 0 fully saturated rings. The first-order valence-electron chi connectivity index (χ1n) is 6.07. The van der Waals surface area contributed by atoms with Gasteiger partial charge in [-0.1, -0.05) is 11.6 Å². The Labute approximate surface area is 126 Å². The molecule has 0 unspecified atom stereocenters. The van der Waals surface area contributed by atoms with Crippen molar-refractivity contribution in [1.29, 1.82) is 5.26 Å². The minimum absolute atomic E-state index is 0.0385. The third-order valence-electron chi connectivity index (χ3n) is 2.89. The summed E-state index contributed by atoms with van der Waals surface area (Å²) in [7, 11) is 3.03. The first kappa shape index (κ1) is 14.8. The Morgan fingerprint density at radius 3 is 2.86 bits per heavy atom. The predicted octanol–water partition coefficient (Wildman–Crippen LogP) is 2.55. The zero-order chi connectivity index (χ0) is 15.4. The number of carbonyl (C=O) groups is 1. The molecule has 1 amide bonds. The van der Waals surface area contributed by atoms with Gasteiger partial charge in [-0.2, -0.15) is 5.26 Å². The Morgan fingerprint density at radius 1 is 1.48 bits per heavy atom. The van der Waals surface area contributed by atoms with Crippen molar-refractivity contribution in [2.75, 3.05) is 14.2 Å². The Kier molecular flexibility index (Phi) is 4.41. The highest BCUT2D eigenvalue weighted by atomic mass is 35.5. The summed E-state index contributed by atoms with van der Waals surface area (Å²) >= 11 is 6.10. The highest BCUT2D eigenvalue weighted by molar-refractivity contribution is 6.31. The summed E-state index contributed by atoms with van der Waals surface area (Å²) in [5.74, 6) is 0.215. The summed E-state index contributed by atoms with van der Waals surface area (Å²) in [6.07, 6.45) is 1.41. The van der Waals surface area contributed by atoms with E-state index in [1.807, 2.05) is 12.1 Å². The van der Waals surface area contributed by atoms with E-state index in [4.69, 9.17) is 21.6 Å². The van der Waals surface area contributed by atoms with Crippen molar-refractivity contribution in [3.8, 4) is 11.8 Å². The summed E-state index contributed by atoms with van der Waals surface area (Å²) in [5.41, 5.74) is 1.16. The number of rotatable bonds is 3. The lowest BCUT2D eigenvalue weighted by atomic mass is 10.1. The fourth-order valence-electron chi connectivity index (χ4n) is 1.81. The third kappa shape index (κ3) is 3.12. The number of nitriles is 1. The van der Waals surface area contributed by atoms with Crippen molar-refractivity contribution in [2.24, 2.45) is 0 Å². The molecule has 0 saturated heterocycles. The van der Waals surface area contributed by atoms with Gasteiger partial charge < -0.3 is 10.1 Å². The molecule has 6 heteroatoms. The van der Waals surface area contributed by atoms with Crippen molar-refractivity contribution < 1.29 is 9.53 Å². The molecule has 0 bridgehead atoms. The second-order valence-electron chi connectivity index (χ2n) is 4.18. The lowest BCUT2D eigenvalue weighted by Crippen LogP contribution is -2.19. The quantitative estimate of drug-likeness (QED) is 0.537. The zero-order valence-electron chi connectivity index (χ0n) is 11.5. The number of fused-ring (bicyclic) bond motifs is 1. The number of nitrogens with one attached hydrogen (secondary N) is 1. The van der Waals surface area contributed by atoms with E-state index in [0.29, 0.717) is 16.8 Å². The van der Waals surface area contributed by atoms with Crippen LogP contribution in [0.3, 0.4) is 0 Å². The number of hydrogen-bond acceptors (Lipinski definition) is 4. The van der Waals surface area contributed by atoms with Crippen LogP contribution in [0.2, 0.25) is 5.15 Å². The smallest absolute Gasteiger partial charge is 0.261 e. The highest BCUT2D eigenvalue weighted by Crippen LogP contribution is 2.25. The molecule has 0 radical (unpaired) electrons. The van der Waals surface area contributed by atoms with Gasteiger partial charge in [-0.3, -0.25) is 4.79 Å². The van der Waals surface area contributed by atoms with Crippen LogP contribution >= 0.6 is 11.6 Å². The molecule has 0 atom stereocenters. The lowest BCUT2D eigenvalue weighted by Gasteiger charge is -2.05. The molecule has 1 aromatic carbocycles. The molecule has 0 saturated carbocycles. The molecule has 2 aromatic rings. The molecular formula is C15H12ClN3O2. The first-order chi connectivity index (χ1) is 10.1. The van der Waals surface area contributed by atoms with E-state index in [0.717, 1.165) is 5.39 Å². The molecular weight excluding hydrogens is 290 g/mol. The summed E-state index contributed by atoms with van der Waals surface area (Å²) in [6, 6.07) is 8.98. The van der Waals surface area contributed by atoms with E-state index in [-0.39, 0.29) is 10.7 Å². The topological polar surface area (TPSA) is 75.0 Å². The number of carbonyl (C=O) groups excluding carboxylic acids is 1. The molecule has 0 spiro atoms. The monoisotopic (exact) mass is 301 g/mol. The summed E-state index contributed by atoms with van der Waals surface area (Å²) < 4.78 is 5.16. The number of benzene rings is 1. The number of ether oxygens (including phenoxy) is 1. The van der Waals surface area contributed by atoms with Crippen molar-refractivity contribution in [3.63, 3.8) is 0 Å². The SMILES string of the molecule is CNC(=O)/C(C#N)=C/c1cc2cc(OC)ccc2nc1Cl. The maximum absolute atomic E-state index is 11.5. The highest BCUT2D eigenvalue weighted by Gasteiger charge is 2.10. The largest absolute Gasteiger partial charge is 0.497 e. The van der Waals surface area contributed by atoms with Crippen LogP contribution in [-0.4, -0.2) is 25.0 Å². The van der Waals surface area contributed by atoms with E-state index in [2.05, 4.69) is 10.3 Å². The van der Waals surface area contributed by atoms with Crippen LogP contribution in [0.4, 0.5) is 0 Å². The predicted molar refractivity (Wildman–Crippen MR) is 81.0 cm³/mol. The zero-order valence-corrected chi connectivity index (χ0v) is 12.2. The van der Waals surface area contributed by atoms with Gasteiger partial charge >= 0.3 is 0 Å². The number of hydrogen-bond donors (Lipinski definition) is 1. The maximum Gasteiger partial charge on any atom is 0.261 e. The Hall–Kier alpha value is -2.58. The molecule has 0 aliphatic heterocycles. The molecule has 0 aliphatic rings. The average molecular weight is 302 g/mol. The van der Waals surface area contributed by atoms with Gasteiger partial charge in [-0.25, -0.2) is 4.98 Å². The van der Waals surface area contributed by atoms with E-state index in [1.165, 1.54) is 13.1 Å². The number of amides is 1. The lowest BCUT2D eigenvalue weighted by molar-refractivity contribution is -0.116. The molecule has 106 valence electrons. The van der Waals surface area contributed by atoms with Gasteiger partial charge in [0.2, 0.25) is 0 Å². The molecule has 2 rings (SSSR count). The van der Waals surface area contributed by atoms with E-state index < -0.39 is 5.91 Å². The Balaban J connectivity index is 2.58. The van der Waals surface area contributed by atoms with E-state index in [9.17, 15) is 4.79 Å². The fourth-order valence-corrected chi connectivity index (χ4v) is 2.01.